The van der Waals surface area contributed by atoms with Crippen LogP contribution in [0.25, 0.3) is 0 Å². The number of rotatable bonds is 1. The number of carbonyl (C=O) groups is 2. The molecule has 0 radical (unpaired) electrons. The standard InChI is InChI=1S/C22H19N3O5/c1-11-9-17(27)14-10-15-12(7-8-24-21(29)23(2)22(30)25(15)24)18(19(14)20(11)28)13-5-3-4-6-16(13)26/h3-7,9,15,18,26H,8,10H2,1-2H3/t15-,18-/m1/s1. The maximum absolute atomic E-state index is 13.1. The van der Waals surface area contributed by atoms with Gasteiger partial charge in [0.2, 0.25) is 0 Å². The van der Waals surface area contributed by atoms with Crippen molar-refractivity contribution >= 4 is 11.6 Å². The number of ketones is 2. The summed E-state index contributed by atoms with van der Waals surface area (Å²) in [5.74, 6) is -1.17. The van der Waals surface area contributed by atoms with Crippen molar-refractivity contribution in [1.82, 2.24) is 13.9 Å². The Labute approximate surface area is 170 Å². The third-order valence-electron chi connectivity index (χ3n) is 6.27. The van der Waals surface area contributed by atoms with Gasteiger partial charge < -0.3 is 5.11 Å². The Morgan fingerprint density at radius 1 is 1.07 bits per heavy atom. The smallest absolute Gasteiger partial charge is 0.347 e. The maximum Gasteiger partial charge on any atom is 0.347 e. The summed E-state index contributed by atoms with van der Waals surface area (Å²) in [6, 6.07) is 6.10. The molecule has 0 spiro atoms. The topological polar surface area (TPSA) is 103 Å². The molecule has 2 aromatic rings. The van der Waals surface area contributed by atoms with Gasteiger partial charge in [0.15, 0.2) is 11.6 Å². The van der Waals surface area contributed by atoms with Crippen LogP contribution in [-0.2, 0) is 23.2 Å². The molecular formula is C22H19N3O5. The summed E-state index contributed by atoms with van der Waals surface area (Å²) < 4.78 is 3.76. The molecule has 0 fully saturated rings. The lowest BCUT2D eigenvalue weighted by molar-refractivity contribution is -0.116. The Hall–Kier alpha value is -3.68. The van der Waals surface area contributed by atoms with Gasteiger partial charge in [-0.15, -0.1) is 0 Å². The van der Waals surface area contributed by atoms with E-state index >= 15 is 0 Å². The van der Waals surface area contributed by atoms with Crippen molar-refractivity contribution in [2.75, 3.05) is 0 Å². The molecule has 3 aliphatic rings. The largest absolute Gasteiger partial charge is 0.508 e. The number of hydrogen-bond donors (Lipinski definition) is 1. The minimum atomic E-state index is -0.670. The van der Waals surface area contributed by atoms with Gasteiger partial charge in [-0.05, 0) is 24.6 Å². The van der Waals surface area contributed by atoms with Crippen molar-refractivity contribution in [2.24, 2.45) is 7.05 Å². The van der Waals surface area contributed by atoms with Crippen LogP contribution in [0.15, 0.2) is 68.3 Å². The highest BCUT2D eigenvalue weighted by Crippen LogP contribution is 2.51. The second-order valence-corrected chi connectivity index (χ2v) is 7.88. The molecule has 0 saturated heterocycles. The van der Waals surface area contributed by atoms with Crippen LogP contribution in [0.2, 0.25) is 0 Å². The van der Waals surface area contributed by atoms with Crippen LogP contribution in [0.1, 0.15) is 30.9 Å². The third-order valence-corrected chi connectivity index (χ3v) is 6.27. The predicted octanol–water partition coefficient (Wildman–Crippen LogP) is 1.12. The molecule has 8 heteroatoms. The highest BCUT2D eigenvalue weighted by atomic mass is 16.3. The van der Waals surface area contributed by atoms with Crippen molar-refractivity contribution in [1.29, 1.82) is 0 Å². The summed E-state index contributed by atoms with van der Waals surface area (Å²) >= 11 is 0. The molecule has 8 nitrogen and oxygen atoms in total. The van der Waals surface area contributed by atoms with Crippen LogP contribution in [0.3, 0.4) is 0 Å². The van der Waals surface area contributed by atoms with Gasteiger partial charge in [0.1, 0.15) is 5.75 Å². The minimum Gasteiger partial charge on any atom is -0.508 e. The maximum atomic E-state index is 13.1. The third kappa shape index (κ3) is 2.27. The second kappa shape index (κ2) is 6.16. The molecule has 5 rings (SSSR count). The normalized spacial score (nSPS) is 22.9. The van der Waals surface area contributed by atoms with Gasteiger partial charge in [-0.3, -0.25) is 9.59 Å². The molecule has 0 saturated carbocycles. The fourth-order valence-electron chi connectivity index (χ4n) is 4.83. The zero-order valence-corrected chi connectivity index (χ0v) is 16.5. The fraction of sp³-hybridized carbons (Fsp3) is 0.273. The van der Waals surface area contributed by atoms with E-state index in [1.807, 2.05) is 6.08 Å². The molecule has 0 amide bonds. The Morgan fingerprint density at radius 3 is 2.53 bits per heavy atom. The van der Waals surface area contributed by atoms with Crippen LogP contribution in [0.4, 0.5) is 0 Å². The number of aromatic nitrogens is 3. The first-order valence-corrected chi connectivity index (χ1v) is 9.67. The van der Waals surface area contributed by atoms with Crippen LogP contribution in [-0.4, -0.2) is 30.6 Å². The SMILES string of the molecule is CC1=CC(=O)C2=C(C1=O)[C@@H](c1ccccc1O)C1=CCn3c(=O)n(C)c(=O)n3[C@@H]1C2. The summed E-state index contributed by atoms with van der Waals surface area (Å²) in [6.07, 6.45) is 3.29. The zero-order chi connectivity index (χ0) is 21.3. The van der Waals surface area contributed by atoms with E-state index in [-0.39, 0.29) is 30.3 Å². The number of hydrogen-bond acceptors (Lipinski definition) is 5. The van der Waals surface area contributed by atoms with Crippen molar-refractivity contribution in [3.05, 3.63) is 85.2 Å². The van der Waals surface area contributed by atoms with Crippen LogP contribution in [0, 0.1) is 0 Å². The fourth-order valence-corrected chi connectivity index (χ4v) is 4.83. The molecule has 0 unspecified atom stereocenters. The van der Waals surface area contributed by atoms with E-state index in [9.17, 15) is 24.3 Å². The quantitative estimate of drug-likeness (QED) is 0.566. The lowest BCUT2D eigenvalue weighted by atomic mass is 9.67. The number of carbonyl (C=O) groups excluding carboxylic acids is 2. The van der Waals surface area contributed by atoms with E-state index in [2.05, 4.69) is 0 Å². The number of Topliss-reactive ketones (excluding diaryl/α,β-unsaturated/α-hetero) is 1. The average molecular weight is 405 g/mol. The van der Waals surface area contributed by atoms with E-state index in [1.54, 1.807) is 25.1 Å². The van der Waals surface area contributed by atoms with E-state index in [0.29, 0.717) is 22.3 Å². The van der Waals surface area contributed by atoms with Crippen molar-refractivity contribution in [2.45, 2.75) is 31.8 Å². The number of benzene rings is 1. The lowest BCUT2D eigenvalue weighted by Gasteiger charge is -2.39. The zero-order valence-electron chi connectivity index (χ0n) is 16.5. The molecule has 152 valence electrons. The Morgan fingerprint density at radius 2 is 1.80 bits per heavy atom. The first-order valence-electron chi connectivity index (χ1n) is 9.67. The molecule has 2 atom stereocenters. The number of phenols is 1. The molecule has 1 aromatic carbocycles. The summed E-state index contributed by atoms with van der Waals surface area (Å²) in [5.41, 5.74) is 1.35. The number of phenolic OH excluding ortho intramolecular Hbond substituents is 1. The highest BCUT2D eigenvalue weighted by molar-refractivity contribution is 6.23. The molecular weight excluding hydrogens is 386 g/mol. The summed E-state index contributed by atoms with van der Waals surface area (Å²) in [5, 5.41) is 10.6. The number of para-hydroxylation sites is 1. The summed E-state index contributed by atoms with van der Waals surface area (Å²) in [7, 11) is 1.41. The van der Waals surface area contributed by atoms with E-state index in [1.165, 1.54) is 28.6 Å². The van der Waals surface area contributed by atoms with Gasteiger partial charge in [-0.2, -0.15) is 0 Å². The van der Waals surface area contributed by atoms with Gasteiger partial charge in [-0.1, -0.05) is 24.3 Å². The van der Waals surface area contributed by atoms with Gasteiger partial charge in [0.25, 0.3) is 0 Å². The van der Waals surface area contributed by atoms with Crippen molar-refractivity contribution < 1.29 is 14.7 Å². The Balaban J connectivity index is 1.81. The molecule has 1 aliphatic heterocycles. The van der Waals surface area contributed by atoms with Gasteiger partial charge >= 0.3 is 11.4 Å². The Kier molecular flexibility index (Phi) is 3.77. The van der Waals surface area contributed by atoms with Gasteiger partial charge in [0, 0.05) is 41.7 Å². The first kappa shape index (κ1) is 18.4. The van der Waals surface area contributed by atoms with Crippen molar-refractivity contribution in [3.8, 4) is 5.75 Å². The highest BCUT2D eigenvalue weighted by Gasteiger charge is 2.45. The Bertz CT molecular complexity index is 1360. The molecule has 2 heterocycles. The van der Waals surface area contributed by atoms with E-state index in [4.69, 9.17) is 0 Å². The minimum absolute atomic E-state index is 0.00623. The first-order chi connectivity index (χ1) is 14.3. The summed E-state index contributed by atoms with van der Waals surface area (Å²) in [6.45, 7) is 1.77. The van der Waals surface area contributed by atoms with Crippen molar-refractivity contribution in [3.63, 3.8) is 0 Å². The molecule has 1 aromatic heterocycles. The molecule has 0 bridgehead atoms. The summed E-state index contributed by atoms with van der Waals surface area (Å²) in [4.78, 5) is 51.2. The number of aromatic hydroxyl groups is 1. The molecule has 2 aliphatic carbocycles. The predicted molar refractivity (Wildman–Crippen MR) is 107 cm³/mol. The average Bonchev–Trinajstić information content (AvgIpc) is 2.95. The van der Waals surface area contributed by atoms with E-state index < -0.39 is 23.3 Å². The number of fused-ring (bicyclic) bond motifs is 3. The monoisotopic (exact) mass is 405 g/mol. The van der Waals surface area contributed by atoms with Gasteiger partial charge in [-0.25, -0.2) is 23.5 Å². The van der Waals surface area contributed by atoms with Gasteiger partial charge in [0.05, 0.1) is 12.6 Å². The van der Waals surface area contributed by atoms with Crippen LogP contribution >= 0.6 is 0 Å². The van der Waals surface area contributed by atoms with E-state index in [0.717, 1.165) is 10.1 Å². The van der Waals surface area contributed by atoms with Crippen LogP contribution in [0.5, 0.6) is 5.75 Å². The van der Waals surface area contributed by atoms with Crippen LogP contribution < -0.4 is 11.4 Å². The lowest BCUT2D eigenvalue weighted by Crippen LogP contribution is -2.40. The molecule has 30 heavy (non-hydrogen) atoms. The second-order valence-electron chi connectivity index (χ2n) is 7.88. The number of nitrogens with zero attached hydrogens (tertiary/aromatic N) is 3. The molecule has 1 N–H and O–H groups in total. The number of allylic oxidation sites excluding steroid dienone is 6.